The number of carbonyl (C=O) groups excluding carboxylic acids is 1. The molecule has 1 aromatic rings. The van der Waals surface area contributed by atoms with Crippen molar-refractivity contribution in [3.63, 3.8) is 0 Å². The van der Waals surface area contributed by atoms with Crippen LogP contribution in [-0.2, 0) is 4.74 Å². The van der Waals surface area contributed by atoms with E-state index in [1.165, 1.54) is 0 Å². The molecule has 5 nitrogen and oxygen atoms in total. The Morgan fingerprint density at radius 1 is 1.38 bits per heavy atom. The molecule has 0 atom stereocenters. The van der Waals surface area contributed by atoms with Gasteiger partial charge in [0.1, 0.15) is 5.75 Å². The van der Waals surface area contributed by atoms with E-state index >= 15 is 0 Å². The number of likely N-dealkylation sites (tertiary alicyclic amines) is 1. The van der Waals surface area contributed by atoms with Gasteiger partial charge in [-0.15, -0.1) is 0 Å². The number of ether oxygens (including phenoxy) is 2. The quantitative estimate of drug-likeness (QED) is 0.928. The van der Waals surface area contributed by atoms with Crippen molar-refractivity contribution < 1.29 is 14.3 Å². The number of urea groups is 1. The predicted octanol–water partition coefficient (Wildman–Crippen LogP) is 3.24. The molecule has 21 heavy (non-hydrogen) atoms. The maximum atomic E-state index is 12.3. The van der Waals surface area contributed by atoms with Crippen LogP contribution in [0, 0.1) is 5.92 Å². The molecule has 0 bridgehead atoms. The normalized spacial score (nSPS) is 15.9. The summed E-state index contributed by atoms with van der Waals surface area (Å²) in [6.07, 6.45) is 1.93. The third-order valence-electron chi connectivity index (χ3n) is 3.71. The molecule has 2 rings (SSSR count). The molecular weight excluding hydrogens is 292 g/mol. The molecule has 1 fully saturated rings. The molecule has 116 valence electrons. The fourth-order valence-corrected chi connectivity index (χ4v) is 2.68. The molecule has 1 aliphatic heterocycles. The van der Waals surface area contributed by atoms with Crippen molar-refractivity contribution in [2.75, 3.05) is 39.2 Å². The van der Waals surface area contributed by atoms with Crippen molar-refractivity contribution in [2.45, 2.75) is 12.8 Å². The van der Waals surface area contributed by atoms with Gasteiger partial charge in [0, 0.05) is 31.8 Å². The number of carbonyl (C=O) groups is 1. The minimum absolute atomic E-state index is 0.119. The highest BCUT2D eigenvalue weighted by atomic mass is 35.5. The van der Waals surface area contributed by atoms with Crippen LogP contribution in [0.3, 0.4) is 0 Å². The molecule has 0 unspecified atom stereocenters. The second-order valence-corrected chi connectivity index (χ2v) is 5.60. The van der Waals surface area contributed by atoms with Gasteiger partial charge in [0.15, 0.2) is 0 Å². The highest BCUT2D eigenvalue weighted by Gasteiger charge is 2.23. The molecule has 0 aromatic heterocycles. The van der Waals surface area contributed by atoms with Crippen molar-refractivity contribution >= 4 is 23.3 Å². The molecule has 0 saturated carbocycles. The van der Waals surface area contributed by atoms with Crippen LogP contribution in [0.2, 0.25) is 5.02 Å². The van der Waals surface area contributed by atoms with Gasteiger partial charge in [-0.1, -0.05) is 11.6 Å². The molecule has 2 amide bonds. The van der Waals surface area contributed by atoms with Crippen LogP contribution in [-0.4, -0.2) is 44.8 Å². The number of rotatable bonds is 4. The van der Waals surface area contributed by atoms with E-state index in [0.717, 1.165) is 32.5 Å². The number of hydrogen-bond acceptors (Lipinski definition) is 3. The first-order valence-corrected chi connectivity index (χ1v) is 7.40. The molecular formula is C15H21ClN2O3. The van der Waals surface area contributed by atoms with Crippen LogP contribution < -0.4 is 10.1 Å². The SMILES string of the molecule is COCC1CCN(C(=O)Nc2cc(Cl)ccc2OC)CC1. The number of nitrogens with zero attached hydrogens (tertiary/aromatic N) is 1. The number of halogens is 1. The van der Waals surface area contributed by atoms with Gasteiger partial charge in [0.2, 0.25) is 0 Å². The summed E-state index contributed by atoms with van der Waals surface area (Å²) in [5.41, 5.74) is 0.592. The number of amides is 2. The number of hydrogen-bond donors (Lipinski definition) is 1. The first kappa shape index (κ1) is 15.9. The van der Waals surface area contributed by atoms with E-state index in [4.69, 9.17) is 21.1 Å². The Morgan fingerprint density at radius 3 is 2.71 bits per heavy atom. The summed E-state index contributed by atoms with van der Waals surface area (Å²) in [5.74, 6) is 1.14. The van der Waals surface area contributed by atoms with Crippen molar-refractivity contribution in [2.24, 2.45) is 5.92 Å². The number of benzene rings is 1. The van der Waals surface area contributed by atoms with Crippen LogP contribution in [0.5, 0.6) is 5.75 Å². The first-order valence-electron chi connectivity index (χ1n) is 7.02. The topological polar surface area (TPSA) is 50.8 Å². The van der Waals surface area contributed by atoms with E-state index < -0.39 is 0 Å². The molecule has 6 heteroatoms. The molecule has 1 heterocycles. The van der Waals surface area contributed by atoms with Crippen LogP contribution in [0.25, 0.3) is 0 Å². The van der Waals surface area contributed by atoms with Gasteiger partial charge in [-0.3, -0.25) is 0 Å². The van der Waals surface area contributed by atoms with Crippen LogP contribution in [0.4, 0.5) is 10.5 Å². The zero-order valence-electron chi connectivity index (χ0n) is 12.4. The average Bonchev–Trinajstić information content (AvgIpc) is 2.48. The Kier molecular flexibility index (Phi) is 5.70. The fraction of sp³-hybridized carbons (Fsp3) is 0.533. The van der Waals surface area contributed by atoms with Gasteiger partial charge < -0.3 is 19.7 Å². The van der Waals surface area contributed by atoms with E-state index in [0.29, 0.717) is 22.4 Å². The summed E-state index contributed by atoms with van der Waals surface area (Å²) in [5, 5.41) is 3.43. The zero-order chi connectivity index (χ0) is 15.2. The average molecular weight is 313 g/mol. The summed E-state index contributed by atoms with van der Waals surface area (Å²) in [6, 6.07) is 5.04. The molecule has 1 saturated heterocycles. The molecule has 0 radical (unpaired) electrons. The third kappa shape index (κ3) is 4.25. The second-order valence-electron chi connectivity index (χ2n) is 5.16. The van der Waals surface area contributed by atoms with E-state index in [2.05, 4.69) is 5.32 Å². The van der Waals surface area contributed by atoms with E-state index in [-0.39, 0.29) is 6.03 Å². The molecule has 0 spiro atoms. The molecule has 0 aliphatic carbocycles. The number of methoxy groups -OCH3 is 2. The van der Waals surface area contributed by atoms with E-state index in [1.807, 2.05) is 4.90 Å². The molecule has 1 N–H and O–H groups in total. The highest BCUT2D eigenvalue weighted by molar-refractivity contribution is 6.31. The molecule has 1 aromatic carbocycles. The van der Waals surface area contributed by atoms with Crippen LogP contribution >= 0.6 is 11.6 Å². The van der Waals surface area contributed by atoms with Crippen molar-refractivity contribution in [1.82, 2.24) is 4.90 Å². The maximum absolute atomic E-state index is 12.3. The largest absolute Gasteiger partial charge is 0.495 e. The summed E-state index contributed by atoms with van der Waals surface area (Å²) in [7, 11) is 3.28. The summed E-state index contributed by atoms with van der Waals surface area (Å²) >= 11 is 5.96. The van der Waals surface area contributed by atoms with Crippen molar-refractivity contribution in [3.8, 4) is 5.75 Å². The summed E-state index contributed by atoms with van der Waals surface area (Å²) in [4.78, 5) is 14.1. The van der Waals surface area contributed by atoms with Gasteiger partial charge in [0.05, 0.1) is 12.8 Å². The zero-order valence-corrected chi connectivity index (χ0v) is 13.2. The standard InChI is InChI=1S/C15H21ClN2O3/c1-20-10-11-5-7-18(8-6-11)15(19)17-13-9-12(16)3-4-14(13)21-2/h3-4,9,11H,5-8,10H2,1-2H3,(H,17,19). The number of piperidine rings is 1. The maximum Gasteiger partial charge on any atom is 0.321 e. The third-order valence-corrected chi connectivity index (χ3v) is 3.94. The Bertz CT molecular complexity index is 488. The molecule has 1 aliphatic rings. The number of anilines is 1. The van der Waals surface area contributed by atoms with Crippen molar-refractivity contribution in [1.29, 1.82) is 0 Å². The van der Waals surface area contributed by atoms with Gasteiger partial charge in [-0.2, -0.15) is 0 Å². The lowest BCUT2D eigenvalue weighted by atomic mass is 9.98. The lowest BCUT2D eigenvalue weighted by Gasteiger charge is -2.31. The van der Waals surface area contributed by atoms with Gasteiger partial charge in [-0.25, -0.2) is 4.79 Å². The van der Waals surface area contributed by atoms with Gasteiger partial charge in [-0.05, 0) is 37.0 Å². The Hall–Kier alpha value is -1.46. The Balaban J connectivity index is 1.95. The smallest absolute Gasteiger partial charge is 0.321 e. The van der Waals surface area contributed by atoms with E-state index in [1.54, 1.807) is 32.4 Å². The van der Waals surface area contributed by atoms with Crippen LogP contribution in [0.15, 0.2) is 18.2 Å². The fourth-order valence-electron chi connectivity index (χ4n) is 2.51. The van der Waals surface area contributed by atoms with Crippen molar-refractivity contribution in [3.05, 3.63) is 23.2 Å². The lowest BCUT2D eigenvalue weighted by Crippen LogP contribution is -2.41. The lowest BCUT2D eigenvalue weighted by molar-refractivity contribution is 0.110. The number of nitrogens with one attached hydrogen (secondary N) is 1. The highest BCUT2D eigenvalue weighted by Crippen LogP contribution is 2.28. The summed E-state index contributed by atoms with van der Waals surface area (Å²) < 4.78 is 10.4. The van der Waals surface area contributed by atoms with Crippen LogP contribution in [0.1, 0.15) is 12.8 Å². The minimum Gasteiger partial charge on any atom is -0.495 e. The van der Waals surface area contributed by atoms with Gasteiger partial charge >= 0.3 is 6.03 Å². The van der Waals surface area contributed by atoms with E-state index in [9.17, 15) is 4.79 Å². The minimum atomic E-state index is -0.119. The second kappa shape index (κ2) is 7.52. The first-order chi connectivity index (χ1) is 10.1. The Morgan fingerprint density at radius 2 is 2.10 bits per heavy atom. The Labute approximate surface area is 130 Å². The van der Waals surface area contributed by atoms with Gasteiger partial charge in [0.25, 0.3) is 0 Å². The predicted molar refractivity (Wildman–Crippen MR) is 83.2 cm³/mol. The monoisotopic (exact) mass is 312 g/mol. The summed E-state index contributed by atoms with van der Waals surface area (Å²) in [6.45, 7) is 2.24.